The molecule has 0 bridgehead atoms. The standard InChI is InChI=1S/C15H24N2O2.ClH/c1-10(18)14-7-4-8-17(14)15(19)13-9-11-5-2-3-6-12(11)16-13;/h11-14,16H,2-9H2,1H3;1H/t11-,12-,13-,14-;/m0./s1. The highest BCUT2D eigenvalue weighted by Crippen LogP contribution is 2.34. The predicted octanol–water partition coefficient (Wildman–Crippen LogP) is 1.91. The summed E-state index contributed by atoms with van der Waals surface area (Å²) in [6.07, 6.45) is 7.86. The number of Topliss-reactive ketones (excluding diaryl/α,β-unsaturated/α-hetero) is 1. The lowest BCUT2D eigenvalue weighted by Crippen LogP contribution is -2.49. The number of ketones is 1. The van der Waals surface area contributed by atoms with Crippen molar-refractivity contribution in [3.8, 4) is 0 Å². The van der Waals surface area contributed by atoms with Crippen molar-refractivity contribution in [2.75, 3.05) is 6.54 Å². The number of halogens is 1. The maximum Gasteiger partial charge on any atom is 0.240 e. The number of amides is 1. The highest BCUT2D eigenvalue weighted by Gasteiger charge is 2.42. The quantitative estimate of drug-likeness (QED) is 0.847. The number of nitrogens with one attached hydrogen (secondary N) is 1. The molecule has 0 aromatic rings. The molecule has 0 radical (unpaired) electrons. The number of likely N-dealkylation sites (tertiary alicyclic amines) is 1. The lowest BCUT2D eigenvalue weighted by Gasteiger charge is -2.26. The van der Waals surface area contributed by atoms with E-state index in [-0.39, 0.29) is 36.2 Å². The van der Waals surface area contributed by atoms with Gasteiger partial charge in [-0.15, -0.1) is 12.4 Å². The van der Waals surface area contributed by atoms with Crippen LogP contribution in [0.25, 0.3) is 0 Å². The zero-order valence-electron chi connectivity index (χ0n) is 12.1. The van der Waals surface area contributed by atoms with Crippen molar-refractivity contribution in [3.63, 3.8) is 0 Å². The lowest BCUT2D eigenvalue weighted by molar-refractivity contribution is -0.138. The summed E-state index contributed by atoms with van der Waals surface area (Å²) in [5.74, 6) is 0.995. The van der Waals surface area contributed by atoms with E-state index in [9.17, 15) is 9.59 Å². The van der Waals surface area contributed by atoms with Crippen LogP contribution in [0.1, 0.15) is 51.9 Å². The number of fused-ring (bicyclic) bond motifs is 1. The van der Waals surface area contributed by atoms with Crippen molar-refractivity contribution in [1.29, 1.82) is 0 Å². The minimum absolute atomic E-state index is 0. The van der Waals surface area contributed by atoms with Crippen LogP contribution in [0.3, 0.4) is 0 Å². The molecular weight excluding hydrogens is 276 g/mol. The van der Waals surface area contributed by atoms with Gasteiger partial charge < -0.3 is 10.2 Å². The highest BCUT2D eigenvalue weighted by atomic mass is 35.5. The van der Waals surface area contributed by atoms with Crippen LogP contribution in [0, 0.1) is 5.92 Å². The zero-order chi connectivity index (χ0) is 13.4. The first-order valence-electron chi connectivity index (χ1n) is 7.74. The summed E-state index contributed by atoms with van der Waals surface area (Å²) in [6, 6.07) is 0.353. The van der Waals surface area contributed by atoms with Crippen molar-refractivity contribution in [2.45, 2.75) is 70.0 Å². The van der Waals surface area contributed by atoms with Gasteiger partial charge in [-0.2, -0.15) is 0 Å². The molecule has 0 aromatic heterocycles. The van der Waals surface area contributed by atoms with Gasteiger partial charge in [0.15, 0.2) is 5.78 Å². The third-order valence-electron chi connectivity index (χ3n) is 5.17. The van der Waals surface area contributed by atoms with Crippen LogP contribution >= 0.6 is 12.4 Å². The Labute approximate surface area is 127 Å². The molecule has 20 heavy (non-hydrogen) atoms. The molecule has 4 atom stereocenters. The van der Waals surface area contributed by atoms with Gasteiger partial charge in [0.25, 0.3) is 0 Å². The Balaban J connectivity index is 0.00000147. The van der Waals surface area contributed by atoms with Crippen LogP contribution in [0.4, 0.5) is 0 Å². The third kappa shape index (κ3) is 2.86. The van der Waals surface area contributed by atoms with Crippen LogP contribution in [-0.4, -0.2) is 41.3 Å². The Hall–Kier alpha value is -0.610. The van der Waals surface area contributed by atoms with E-state index in [1.165, 1.54) is 25.7 Å². The molecular formula is C15H25ClN2O2. The van der Waals surface area contributed by atoms with E-state index < -0.39 is 0 Å². The van der Waals surface area contributed by atoms with E-state index in [1.807, 2.05) is 4.90 Å². The molecule has 1 N–H and O–H groups in total. The number of nitrogens with zero attached hydrogens (tertiary/aromatic N) is 1. The van der Waals surface area contributed by atoms with Gasteiger partial charge in [-0.05, 0) is 44.9 Å². The van der Waals surface area contributed by atoms with Crippen LogP contribution in [0.15, 0.2) is 0 Å². The molecule has 3 rings (SSSR count). The first-order valence-corrected chi connectivity index (χ1v) is 7.74. The summed E-state index contributed by atoms with van der Waals surface area (Å²) >= 11 is 0. The molecule has 114 valence electrons. The first kappa shape index (κ1) is 15.8. The third-order valence-corrected chi connectivity index (χ3v) is 5.17. The van der Waals surface area contributed by atoms with Crippen molar-refractivity contribution < 1.29 is 9.59 Å². The number of hydrogen-bond donors (Lipinski definition) is 1. The average molecular weight is 301 g/mol. The Morgan fingerprint density at radius 2 is 1.85 bits per heavy atom. The topological polar surface area (TPSA) is 49.4 Å². The van der Waals surface area contributed by atoms with Crippen LogP contribution in [0.5, 0.6) is 0 Å². The molecule has 3 fully saturated rings. The minimum atomic E-state index is -0.156. The lowest BCUT2D eigenvalue weighted by atomic mass is 9.85. The van der Waals surface area contributed by atoms with Crippen LogP contribution < -0.4 is 5.32 Å². The highest BCUT2D eigenvalue weighted by molar-refractivity contribution is 5.90. The van der Waals surface area contributed by atoms with E-state index in [4.69, 9.17) is 0 Å². The predicted molar refractivity (Wildman–Crippen MR) is 80.0 cm³/mol. The second kappa shape index (κ2) is 6.44. The Morgan fingerprint density at radius 3 is 2.55 bits per heavy atom. The van der Waals surface area contributed by atoms with Crippen LogP contribution in [0.2, 0.25) is 0 Å². The number of carbonyl (C=O) groups is 2. The average Bonchev–Trinajstić information content (AvgIpc) is 3.04. The molecule has 2 saturated heterocycles. The Bertz CT molecular complexity index is 374. The maximum absolute atomic E-state index is 12.6. The second-order valence-corrected chi connectivity index (χ2v) is 6.41. The van der Waals surface area contributed by atoms with Crippen molar-refractivity contribution in [3.05, 3.63) is 0 Å². The molecule has 0 unspecified atom stereocenters. The van der Waals surface area contributed by atoms with Gasteiger partial charge in [-0.25, -0.2) is 0 Å². The van der Waals surface area contributed by atoms with Gasteiger partial charge in [0.1, 0.15) is 0 Å². The van der Waals surface area contributed by atoms with Gasteiger partial charge in [0.2, 0.25) is 5.91 Å². The van der Waals surface area contributed by atoms with Crippen molar-refractivity contribution >= 4 is 24.1 Å². The van der Waals surface area contributed by atoms with Crippen molar-refractivity contribution in [1.82, 2.24) is 10.2 Å². The molecule has 3 aliphatic rings. The Morgan fingerprint density at radius 1 is 1.10 bits per heavy atom. The van der Waals surface area contributed by atoms with E-state index in [2.05, 4.69) is 5.32 Å². The molecule has 1 saturated carbocycles. The fraction of sp³-hybridized carbons (Fsp3) is 0.867. The molecule has 1 amide bonds. The second-order valence-electron chi connectivity index (χ2n) is 6.41. The molecule has 2 heterocycles. The van der Waals surface area contributed by atoms with E-state index in [1.54, 1.807) is 6.92 Å². The first-order chi connectivity index (χ1) is 9.16. The smallest absolute Gasteiger partial charge is 0.240 e. The minimum Gasteiger partial charge on any atom is -0.331 e. The molecule has 0 spiro atoms. The van der Waals surface area contributed by atoms with E-state index in [0.29, 0.717) is 12.0 Å². The monoisotopic (exact) mass is 300 g/mol. The maximum atomic E-state index is 12.6. The summed E-state index contributed by atoms with van der Waals surface area (Å²) < 4.78 is 0. The number of carbonyl (C=O) groups excluding carboxylic acids is 2. The largest absolute Gasteiger partial charge is 0.331 e. The van der Waals surface area contributed by atoms with Gasteiger partial charge in [-0.1, -0.05) is 12.8 Å². The van der Waals surface area contributed by atoms with Gasteiger partial charge in [0, 0.05) is 12.6 Å². The summed E-state index contributed by atoms with van der Waals surface area (Å²) in [5.41, 5.74) is 0. The molecule has 0 aromatic carbocycles. The molecule has 1 aliphatic carbocycles. The van der Waals surface area contributed by atoms with Gasteiger partial charge in [-0.3, -0.25) is 9.59 Å². The normalized spacial score (nSPS) is 36.4. The summed E-state index contributed by atoms with van der Waals surface area (Å²) in [4.78, 5) is 26.1. The fourth-order valence-electron chi connectivity index (χ4n) is 4.16. The van der Waals surface area contributed by atoms with Gasteiger partial charge in [0.05, 0.1) is 12.1 Å². The summed E-state index contributed by atoms with van der Waals surface area (Å²) in [7, 11) is 0. The molecule has 5 heteroatoms. The Kier molecular flexibility index (Phi) is 5.08. The fourth-order valence-corrected chi connectivity index (χ4v) is 4.16. The molecule has 2 aliphatic heterocycles. The summed E-state index contributed by atoms with van der Waals surface area (Å²) in [6.45, 7) is 2.37. The SMILES string of the molecule is CC(=O)[C@@H]1CCCN1C(=O)[C@@H]1C[C@@H]2CCCC[C@@H]2N1.Cl. The van der Waals surface area contributed by atoms with Crippen molar-refractivity contribution in [2.24, 2.45) is 5.92 Å². The van der Waals surface area contributed by atoms with Gasteiger partial charge >= 0.3 is 0 Å². The van der Waals surface area contributed by atoms with E-state index in [0.717, 1.165) is 25.8 Å². The van der Waals surface area contributed by atoms with Crippen LogP contribution in [-0.2, 0) is 9.59 Å². The van der Waals surface area contributed by atoms with E-state index >= 15 is 0 Å². The number of rotatable bonds is 2. The number of hydrogen-bond acceptors (Lipinski definition) is 3. The molecule has 4 nitrogen and oxygen atoms in total. The summed E-state index contributed by atoms with van der Waals surface area (Å²) in [5, 5.41) is 3.53. The zero-order valence-corrected chi connectivity index (χ0v) is 13.0.